The minimum Gasteiger partial charge on any atom is -0.508 e. The first kappa shape index (κ1) is 34.1. The Morgan fingerprint density at radius 3 is 1.17 bits per heavy atom. The lowest BCUT2D eigenvalue weighted by molar-refractivity contribution is 0.279. The molecule has 0 heterocycles. The number of hydrogen-bond donors (Lipinski definition) is 6. The van der Waals surface area contributed by atoms with E-state index in [0.717, 1.165) is 101 Å². The molecule has 0 fully saturated rings. The van der Waals surface area contributed by atoms with Gasteiger partial charge < -0.3 is 30.6 Å². The predicted octanol–water partition coefficient (Wildman–Crippen LogP) is 8.82. The second-order valence-corrected chi connectivity index (χ2v) is 12.9. The number of phenols is 4. The van der Waals surface area contributed by atoms with Gasteiger partial charge >= 0.3 is 0 Å². The fraction of sp³-hybridized carbons (Fsp3) is 0.667. The molecule has 6 rings (SSSR count). The van der Waals surface area contributed by atoms with Crippen molar-refractivity contribution in [2.75, 3.05) is 13.2 Å². The third-order valence-corrected chi connectivity index (χ3v) is 9.57. The molecular formula is C36H56O6. The lowest BCUT2D eigenvalue weighted by Gasteiger charge is -2.23. The Hall–Kier alpha value is -2.44. The number of hydrogen-bond acceptors (Lipinski definition) is 6. The summed E-state index contributed by atoms with van der Waals surface area (Å²) in [7, 11) is 0. The first-order valence-corrected chi connectivity index (χ1v) is 16.6. The molecule has 2 aromatic rings. The van der Waals surface area contributed by atoms with Crippen LogP contribution in [-0.4, -0.2) is 43.9 Å². The van der Waals surface area contributed by atoms with Gasteiger partial charge in [0, 0.05) is 24.3 Å². The number of rotatable bonds is 8. The molecule has 0 saturated heterocycles. The zero-order chi connectivity index (χ0) is 30.5. The van der Waals surface area contributed by atoms with Crippen LogP contribution in [0.25, 0.3) is 0 Å². The highest BCUT2D eigenvalue weighted by molar-refractivity contribution is 5.50. The van der Waals surface area contributed by atoms with Crippen LogP contribution in [0.15, 0.2) is 24.3 Å². The van der Waals surface area contributed by atoms with Gasteiger partial charge in [0.15, 0.2) is 0 Å². The Morgan fingerprint density at radius 2 is 0.833 bits per heavy atom. The van der Waals surface area contributed by atoms with Crippen molar-refractivity contribution >= 4 is 0 Å². The normalized spacial score (nSPS) is 23.0. The molecule has 4 aliphatic rings. The summed E-state index contributed by atoms with van der Waals surface area (Å²) in [6.07, 6.45) is 14.4. The Morgan fingerprint density at radius 1 is 0.500 bits per heavy atom. The number of aliphatic hydroxyl groups excluding tert-OH is 2. The molecule has 4 aliphatic carbocycles. The summed E-state index contributed by atoms with van der Waals surface area (Å²) in [4.78, 5) is 0. The van der Waals surface area contributed by atoms with Gasteiger partial charge in [-0.1, -0.05) is 65.2 Å². The van der Waals surface area contributed by atoms with Gasteiger partial charge in [0.1, 0.15) is 23.0 Å². The molecule has 0 aromatic heterocycles. The quantitative estimate of drug-likeness (QED) is 0.172. The molecular weight excluding hydrogens is 528 g/mol. The smallest absolute Gasteiger partial charge is 0.123 e. The van der Waals surface area contributed by atoms with Crippen molar-refractivity contribution in [2.45, 2.75) is 140 Å². The van der Waals surface area contributed by atoms with Gasteiger partial charge in [-0.05, 0) is 110 Å². The van der Waals surface area contributed by atoms with Gasteiger partial charge in [-0.25, -0.2) is 0 Å². The van der Waals surface area contributed by atoms with Crippen LogP contribution in [-0.2, 0) is 0 Å². The maximum atomic E-state index is 11.1. The van der Waals surface area contributed by atoms with Crippen LogP contribution in [0.3, 0.4) is 0 Å². The molecule has 4 atom stereocenters. The van der Waals surface area contributed by atoms with Gasteiger partial charge in [-0.15, -0.1) is 0 Å². The van der Waals surface area contributed by atoms with Crippen molar-refractivity contribution in [1.29, 1.82) is 0 Å². The van der Waals surface area contributed by atoms with Crippen molar-refractivity contribution in [3.63, 3.8) is 0 Å². The van der Waals surface area contributed by atoms with Crippen LogP contribution >= 0.6 is 0 Å². The van der Waals surface area contributed by atoms with E-state index in [1.54, 1.807) is 0 Å². The van der Waals surface area contributed by atoms with Gasteiger partial charge in [-0.3, -0.25) is 0 Å². The summed E-state index contributed by atoms with van der Waals surface area (Å²) < 4.78 is 0. The maximum Gasteiger partial charge on any atom is 0.123 e. The number of aliphatic hydroxyl groups is 2. The number of phenolic OH excluding ortho intramolecular Hbond substituents is 4. The zero-order valence-corrected chi connectivity index (χ0v) is 26.0. The molecule has 236 valence electrons. The van der Waals surface area contributed by atoms with Gasteiger partial charge in [0.05, 0.1) is 0 Å². The Labute approximate surface area is 253 Å². The SMILES string of the molecule is CC1CCCCCC(CCCCO)c2c(O)cc(cc2O)C(C)CCCCCC(CCCCO)c2c(O)cc1cc2O. The van der Waals surface area contributed by atoms with Crippen LogP contribution in [0.4, 0.5) is 0 Å². The first-order chi connectivity index (χ1) is 20.3. The average molecular weight is 585 g/mol. The van der Waals surface area contributed by atoms with Gasteiger partial charge in [0.2, 0.25) is 0 Å². The minimum atomic E-state index is 0.0444. The molecule has 42 heavy (non-hydrogen) atoms. The second-order valence-electron chi connectivity index (χ2n) is 12.9. The minimum absolute atomic E-state index is 0.0444. The third-order valence-electron chi connectivity index (χ3n) is 9.57. The van der Waals surface area contributed by atoms with Crippen molar-refractivity contribution < 1.29 is 30.6 Å². The molecule has 0 amide bonds. The topological polar surface area (TPSA) is 121 Å². The van der Waals surface area contributed by atoms with E-state index < -0.39 is 0 Å². The van der Waals surface area contributed by atoms with E-state index in [4.69, 9.17) is 0 Å². The molecule has 6 heteroatoms. The van der Waals surface area contributed by atoms with Crippen LogP contribution in [0.1, 0.15) is 163 Å². The summed E-state index contributed by atoms with van der Waals surface area (Å²) in [5, 5.41) is 62.9. The fourth-order valence-corrected chi connectivity index (χ4v) is 6.93. The molecule has 0 radical (unpaired) electrons. The fourth-order valence-electron chi connectivity index (χ4n) is 6.93. The van der Waals surface area contributed by atoms with E-state index in [0.29, 0.717) is 24.0 Å². The van der Waals surface area contributed by atoms with Gasteiger partial charge in [-0.2, -0.15) is 0 Å². The van der Waals surface area contributed by atoms with E-state index in [1.165, 1.54) is 0 Å². The average Bonchev–Trinajstić information content (AvgIpc) is 2.94. The van der Waals surface area contributed by atoms with Crippen LogP contribution in [0.5, 0.6) is 23.0 Å². The van der Waals surface area contributed by atoms with Crippen molar-refractivity contribution in [3.8, 4) is 23.0 Å². The summed E-state index contributed by atoms with van der Waals surface area (Å²) in [5.74, 6) is 1.25. The molecule has 0 spiro atoms. The zero-order valence-electron chi connectivity index (χ0n) is 26.0. The molecule has 6 nitrogen and oxygen atoms in total. The second kappa shape index (κ2) is 17.6. The summed E-state index contributed by atoms with van der Waals surface area (Å²) in [6.45, 7) is 4.58. The highest BCUT2D eigenvalue weighted by Crippen LogP contribution is 2.44. The van der Waals surface area contributed by atoms with E-state index >= 15 is 0 Å². The Kier molecular flexibility index (Phi) is 14.3. The summed E-state index contributed by atoms with van der Waals surface area (Å²) in [6, 6.07) is 7.38. The molecule has 0 saturated carbocycles. The number of unbranched alkanes of at least 4 members (excludes halogenated alkanes) is 2. The monoisotopic (exact) mass is 584 g/mol. The highest BCUT2D eigenvalue weighted by atomic mass is 16.3. The maximum absolute atomic E-state index is 11.1. The molecule has 2 aromatic carbocycles. The van der Waals surface area contributed by atoms with Gasteiger partial charge in [0.25, 0.3) is 0 Å². The van der Waals surface area contributed by atoms with Crippen molar-refractivity contribution in [1.82, 2.24) is 0 Å². The van der Waals surface area contributed by atoms with Crippen LogP contribution < -0.4 is 0 Å². The molecule has 0 aliphatic heterocycles. The summed E-state index contributed by atoms with van der Waals surface area (Å²) in [5.41, 5.74) is 3.21. The number of benzene rings is 2. The predicted molar refractivity (Wildman–Crippen MR) is 170 cm³/mol. The Bertz CT molecular complexity index is 951. The number of aromatic hydroxyl groups is 4. The lowest BCUT2D eigenvalue weighted by atomic mass is 9.83. The van der Waals surface area contributed by atoms with E-state index in [-0.39, 0.29) is 59.9 Å². The summed E-state index contributed by atoms with van der Waals surface area (Å²) >= 11 is 0. The van der Waals surface area contributed by atoms with E-state index in [9.17, 15) is 30.6 Å². The van der Waals surface area contributed by atoms with Crippen LogP contribution in [0, 0.1) is 0 Å². The van der Waals surface area contributed by atoms with E-state index in [2.05, 4.69) is 13.8 Å². The largest absolute Gasteiger partial charge is 0.508 e. The highest BCUT2D eigenvalue weighted by Gasteiger charge is 2.24. The Balaban J connectivity index is 1.83. The molecule has 4 bridgehead atoms. The molecule has 6 N–H and O–H groups in total. The third kappa shape index (κ3) is 9.80. The van der Waals surface area contributed by atoms with Crippen molar-refractivity contribution in [2.24, 2.45) is 0 Å². The van der Waals surface area contributed by atoms with E-state index in [1.807, 2.05) is 24.3 Å². The lowest BCUT2D eigenvalue weighted by Crippen LogP contribution is -2.05. The first-order valence-electron chi connectivity index (χ1n) is 16.6. The standard InChI is InChI=1S/C36H56O6/c1-25-13-5-3-7-15-28(18-10-12-20-38)36-33(41)23-30(24-34(36)42)26(2)14-6-4-8-16-27(17-9-11-19-37)35-31(39)21-29(25)22-32(35)40/h21-28,37-42H,3-20H2,1-2H3. The molecule has 4 unspecified atom stereocenters. The van der Waals surface area contributed by atoms with Crippen LogP contribution in [0.2, 0.25) is 0 Å². The van der Waals surface area contributed by atoms with Crippen molar-refractivity contribution in [3.05, 3.63) is 46.5 Å².